The van der Waals surface area contributed by atoms with Crippen molar-refractivity contribution in [3.05, 3.63) is 0 Å². The maximum atomic E-state index is 12.6. The average molecular weight is 340 g/mol. The summed E-state index contributed by atoms with van der Waals surface area (Å²) in [6.07, 6.45) is 5.83. The summed E-state index contributed by atoms with van der Waals surface area (Å²) in [5.41, 5.74) is -0.573. The van der Waals surface area contributed by atoms with E-state index in [-0.39, 0.29) is 11.9 Å². The van der Waals surface area contributed by atoms with Crippen molar-refractivity contribution in [2.75, 3.05) is 46.5 Å². The average Bonchev–Trinajstić information content (AvgIpc) is 3.19. The normalized spacial score (nSPS) is 30.9. The predicted molar refractivity (Wildman–Crippen MR) is 92.7 cm³/mol. The number of carbonyl (C=O) groups is 2. The Kier molecular flexibility index (Phi) is 4.90. The molecule has 0 aromatic carbocycles. The van der Waals surface area contributed by atoms with Gasteiger partial charge in [-0.3, -0.25) is 14.6 Å². The number of amides is 3. The lowest BCUT2D eigenvalue weighted by Gasteiger charge is -2.24. The summed E-state index contributed by atoms with van der Waals surface area (Å²) in [5, 5.41) is 3.55. The first-order valence-electron chi connectivity index (χ1n) is 8.52. The predicted octanol–water partition coefficient (Wildman–Crippen LogP) is 0.828. The third kappa shape index (κ3) is 3.10. The van der Waals surface area contributed by atoms with Crippen molar-refractivity contribution in [2.45, 2.75) is 42.5 Å². The lowest BCUT2D eigenvalue weighted by atomic mass is 9.98. The molecule has 0 bridgehead atoms. The van der Waals surface area contributed by atoms with E-state index in [9.17, 15) is 9.59 Å². The summed E-state index contributed by atoms with van der Waals surface area (Å²) >= 11 is 1.90. The molecule has 0 aromatic heterocycles. The number of nitrogens with one attached hydrogen (secondary N) is 1. The van der Waals surface area contributed by atoms with E-state index in [1.54, 1.807) is 0 Å². The van der Waals surface area contributed by atoms with E-state index in [4.69, 9.17) is 0 Å². The molecule has 1 aliphatic carbocycles. The zero-order chi connectivity index (χ0) is 16.6. The first-order valence-corrected chi connectivity index (χ1v) is 9.81. The second kappa shape index (κ2) is 6.61. The third-order valence-electron chi connectivity index (χ3n) is 5.62. The molecule has 6 nitrogen and oxygen atoms in total. The Balaban J connectivity index is 1.57. The highest BCUT2D eigenvalue weighted by atomic mass is 32.2. The Labute approximate surface area is 142 Å². The van der Waals surface area contributed by atoms with Crippen LogP contribution in [0.1, 0.15) is 25.7 Å². The largest absolute Gasteiger partial charge is 0.325 e. The fraction of sp³-hybridized carbons (Fsp3) is 0.875. The minimum atomic E-state index is -0.573. The number of rotatable bonds is 5. The van der Waals surface area contributed by atoms with Gasteiger partial charge in [-0.05, 0) is 33.2 Å². The van der Waals surface area contributed by atoms with Gasteiger partial charge in [-0.25, -0.2) is 4.79 Å². The van der Waals surface area contributed by atoms with Crippen molar-refractivity contribution < 1.29 is 9.59 Å². The molecule has 0 unspecified atom stereocenters. The van der Waals surface area contributed by atoms with Gasteiger partial charge in [-0.2, -0.15) is 11.8 Å². The van der Waals surface area contributed by atoms with Gasteiger partial charge in [0.2, 0.25) is 0 Å². The van der Waals surface area contributed by atoms with E-state index in [0.717, 1.165) is 45.3 Å². The Morgan fingerprint density at radius 3 is 2.48 bits per heavy atom. The van der Waals surface area contributed by atoms with Gasteiger partial charge in [0.15, 0.2) is 0 Å². The fourth-order valence-corrected chi connectivity index (χ4v) is 5.18. The summed E-state index contributed by atoms with van der Waals surface area (Å²) in [7, 11) is 4.25. The van der Waals surface area contributed by atoms with Crippen molar-refractivity contribution in [1.29, 1.82) is 0 Å². The Hall–Kier alpha value is -0.790. The van der Waals surface area contributed by atoms with Gasteiger partial charge in [0.1, 0.15) is 5.54 Å². The quantitative estimate of drug-likeness (QED) is 0.751. The minimum absolute atomic E-state index is 0.00442. The van der Waals surface area contributed by atoms with Gasteiger partial charge in [0, 0.05) is 37.5 Å². The second-order valence-corrected chi connectivity index (χ2v) is 8.32. The molecule has 0 aromatic rings. The number of thioether (sulfide) groups is 1. The van der Waals surface area contributed by atoms with E-state index in [2.05, 4.69) is 35.5 Å². The van der Waals surface area contributed by atoms with Crippen LogP contribution in [0.15, 0.2) is 0 Å². The highest BCUT2D eigenvalue weighted by Crippen LogP contribution is 2.35. The first kappa shape index (κ1) is 17.0. The number of imide groups is 1. The van der Waals surface area contributed by atoms with Crippen LogP contribution in [0.3, 0.4) is 0 Å². The van der Waals surface area contributed by atoms with Gasteiger partial charge in [0.05, 0.1) is 0 Å². The summed E-state index contributed by atoms with van der Waals surface area (Å²) < 4.78 is 0. The highest BCUT2D eigenvalue weighted by Gasteiger charge is 2.52. The van der Waals surface area contributed by atoms with E-state index >= 15 is 0 Å². The Morgan fingerprint density at radius 2 is 1.91 bits per heavy atom. The van der Waals surface area contributed by atoms with Crippen LogP contribution in [0, 0.1) is 0 Å². The molecule has 1 saturated carbocycles. The Bertz CT molecular complexity index is 479. The number of hydrogen-bond donors (Lipinski definition) is 1. The standard InChI is InChI=1S/C16H28N4O2S/c1-18(2)12-10-19(11-13(12)23-3)8-9-20-14(21)16(17-15(20)22)6-4-5-7-16/h12-13H,4-11H2,1-3H3,(H,17,22)/t12-,13-/m0/s1. The molecule has 130 valence electrons. The number of likely N-dealkylation sites (N-methyl/N-ethyl adjacent to an activating group) is 1. The second-order valence-electron chi connectivity index (χ2n) is 7.24. The number of urea groups is 1. The topological polar surface area (TPSA) is 55.9 Å². The van der Waals surface area contributed by atoms with Crippen molar-refractivity contribution in [2.24, 2.45) is 0 Å². The number of carbonyl (C=O) groups excluding carboxylic acids is 2. The lowest BCUT2D eigenvalue weighted by Crippen LogP contribution is -2.44. The first-order chi connectivity index (χ1) is 11.0. The van der Waals surface area contributed by atoms with Crippen LogP contribution >= 0.6 is 11.8 Å². The van der Waals surface area contributed by atoms with Gasteiger partial charge in [-0.15, -0.1) is 0 Å². The van der Waals surface area contributed by atoms with Gasteiger partial charge >= 0.3 is 6.03 Å². The van der Waals surface area contributed by atoms with Crippen LogP contribution in [0.25, 0.3) is 0 Å². The molecular formula is C16H28N4O2S. The van der Waals surface area contributed by atoms with Crippen molar-refractivity contribution >= 4 is 23.7 Å². The highest BCUT2D eigenvalue weighted by molar-refractivity contribution is 7.99. The minimum Gasteiger partial charge on any atom is -0.323 e. The number of likely N-dealkylation sites (tertiary alicyclic amines) is 1. The summed E-state index contributed by atoms with van der Waals surface area (Å²) in [6.45, 7) is 3.32. The van der Waals surface area contributed by atoms with Gasteiger partial charge in [0.25, 0.3) is 5.91 Å². The van der Waals surface area contributed by atoms with E-state index in [1.807, 2.05) is 11.8 Å². The van der Waals surface area contributed by atoms with Crippen LogP contribution in [-0.4, -0.2) is 90.0 Å². The SMILES string of the molecule is CS[C@H]1CN(CCN2C(=O)NC3(CCCC3)C2=O)C[C@@H]1N(C)C. The lowest BCUT2D eigenvalue weighted by molar-refractivity contribution is -0.131. The monoisotopic (exact) mass is 340 g/mol. The molecule has 2 saturated heterocycles. The van der Waals surface area contributed by atoms with Crippen LogP contribution in [0.5, 0.6) is 0 Å². The van der Waals surface area contributed by atoms with E-state index < -0.39 is 5.54 Å². The smallest absolute Gasteiger partial charge is 0.323 e. The maximum Gasteiger partial charge on any atom is 0.325 e. The van der Waals surface area contributed by atoms with E-state index in [1.165, 1.54) is 4.90 Å². The molecule has 3 fully saturated rings. The molecule has 3 rings (SSSR count). The Morgan fingerprint density at radius 1 is 1.22 bits per heavy atom. The molecule has 1 spiro atoms. The van der Waals surface area contributed by atoms with Crippen molar-refractivity contribution in [1.82, 2.24) is 20.0 Å². The molecule has 2 atom stereocenters. The molecular weight excluding hydrogens is 312 g/mol. The third-order valence-corrected chi connectivity index (χ3v) is 6.69. The number of hydrogen-bond acceptors (Lipinski definition) is 5. The maximum absolute atomic E-state index is 12.6. The molecule has 0 radical (unpaired) electrons. The number of nitrogens with zero attached hydrogens (tertiary/aromatic N) is 3. The summed E-state index contributed by atoms with van der Waals surface area (Å²) in [5.74, 6) is 0.00442. The molecule has 2 aliphatic heterocycles. The molecule has 3 aliphatic rings. The van der Waals surface area contributed by atoms with Crippen LogP contribution < -0.4 is 5.32 Å². The molecule has 23 heavy (non-hydrogen) atoms. The molecule has 7 heteroatoms. The summed E-state index contributed by atoms with van der Waals surface area (Å²) in [4.78, 5) is 31.0. The fourth-order valence-electron chi connectivity index (χ4n) is 4.18. The van der Waals surface area contributed by atoms with Crippen molar-refractivity contribution in [3.8, 4) is 0 Å². The van der Waals surface area contributed by atoms with Gasteiger partial charge in [-0.1, -0.05) is 12.8 Å². The molecule has 1 N–H and O–H groups in total. The van der Waals surface area contributed by atoms with Crippen LogP contribution in [-0.2, 0) is 4.79 Å². The van der Waals surface area contributed by atoms with Gasteiger partial charge < -0.3 is 10.2 Å². The summed E-state index contributed by atoms with van der Waals surface area (Å²) in [6, 6.07) is 0.343. The van der Waals surface area contributed by atoms with Crippen molar-refractivity contribution in [3.63, 3.8) is 0 Å². The van der Waals surface area contributed by atoms with E-state index in [0.29, 0.717) is 17.8 Å². The molecule has 3 amide bonds. The molecule has 2 heterocycles. The van der Waals surface area contributed by atoms with Crippen LogP contribution in [0.4, 0.5) is 4.79 Å². The zero-order valence-electron chi connectivity index (χ0n) is 14.4. The van der Waals surface area contributed by atoms with Crippen LogP contribution in [0.2, 0.25) is 0 Å². The zero-order valence-corrected chi connectivity index (χ0v) is 15.2.